The molecule has 0 spiro atoms. The Morgan fingerprint density at radius 3 is 2.54 bits per heavy atom. The van der Waals surface area contributed by atoms with E-state index in [1.807, 2.05) is 6.07 Å². The molecule has 2 aromatic rings. The van der Waals surface area contributed by atoms with Crippen LogP contribution in [0.1, 0.15) is 18.1 Å². The molecule has 2 aromatic carbocycles. The zero-order chi connectivity index (χ0) is 18.7. The topological polar surface area (TPSA) is 102 Å². The van der Waals surface area contributed by atoms with Crippen LogP contribution in [0.3, 0.4) is 0 Å². The van der Waals surface area contributed by atoms with E-state index in [0.29, 0.717) is 12.3 Å². The van der Waals surface area contributed by atoms with Gasteiger partial charge in [-0.2, -0.15) is 0 Å². The summed E-state index contributed by atoms with van der Waals surface area (Å²) in [5.74, 6) is -0.0653. The summed E-state index contributed by atoms with van der Waals surface area (Å²) in [4.78, 5) is 23.1. The zero-order valence-corrected chi connectivity index (χ0v) is 14.9. The van der Waals surface area contributed by atoms with Crippen molar-refractivity contribution in [1.82, 2.24) is 4.72 Å². The molecule has 1 aliphatic heterocycles. The van der Waals surface area contributed by atoms with E-state index in [2.05, 4.69) is 10.0 Å². The van der Waals surface area contributed by atoms with Crippen molar-refractivity contribution in [2.24, 2.45) is 0 Å². The maximum Gasteiger partial charge on any atom is 0.264 e. The van der Waals surface area contributed by atoms with Crippen molar-refractivity contribution in [3.63, 3.8) is 0 Å². The van der Waals surface area contributed by atoms with Crippen LogP contribution in [0.4, 0.5) is 5.69 Å². The van der Waals surface area contributed by atoms with Crippen molar-refractivity contribution in [3.05, 3.63) is 53.6 Å². The van der Waals surface area contributed by atoms with Gasteiger partial charge >= 0.3 is 0 Å². The van der Waals surface area contributed by atoms with Crippen LogP contribution in [0.15, 0.2) is 47.4 Å². The molecule has 1 heterocycles. The predicted octanol–water partition coefficient (Wildman–Crippen LogP) is 1.63. The van der Waals surface area contributed by atoms with Gasteiger partial charge in [0.05, 0.1) is 17.9 Å². The SMILES string of the molecule is CC(=O)Nc1ccc(S(=O)(=O)NC(=O)Cc2ccc3c(c2)CCO3)cc1. The quantitative estimate of drug-likeness (QED) is 0.828. The number of fused-ring (bicyclic) bond motifs is 1. The fourth-order valence-corrected chi connectivity index (χ4v) is 3.68. The molecule has 26 heavy (non-hydrogen) atoms. The molecular formula is C18H18N2O5S. The first-order valence-corrected chi connectivity index (χ1v) is 9.50. The lowest BCUT2D eigenvalue weighted by Crippen LogP contribution is -2.31. The van der Waals surface area contributed by atoms with Crippen LogP contribution in [0.25, 0.3) is 0 Å². The van der Waals surface area contributed by atoms with Crippen molar-refractivity contribution in [3.8, 4) is 5.75 Å². The average Bonchev–Trinajstić information content (AvgIpc) is 3.01. The monoisotopic (exact) mass is 374 g/mol. The molecule has 2 amide bonds. The van der Waals surface area contributed by atoms with Gasteiger partial charge in [0, 0.05) is 19.0 Å². The number of nitrogens with one attached hydrogen (secondary N) is 2. The van der Waals surface area contributed by atoms with Crippen LogP contribution in [-0.2, 0) is 32.5 Å². The van der Waals surface area contributed by atoms with Gasteiger partial charge in [-0.1, -0.05) is 12.1 Å². The second kappa shape index (κ2) is 7.17. The first-order chi connectivity index (χ1) is 12.3. The van der Waals surface area contributed by atoms with Crippen molar-refractivity contribution in [1.29, 1.82) is 0 Å². The Morgan fingerprint density at radius 1 is 1.12 bits per heavy atom. The molecule has 0 saturated carbocycles. The molecular weight excluding hydrogens is 356 g/mol. The van der Waals surface area contributed by atoms with E-state index >= 15 is 0 Å². The van der Waals surface area contributed by atoms with Gasteiger partial charge in [0.1, 0.15) is 5.75 Å². The van der Waals surface area contributed by atoms with E-state index in [4.69, 9.17) is 4.74 Å². The Balaban J connectivity index is 1.66. The van der Waals surface area contributed by atoms with Gasteiger partial charge < -0.3 is 10.1 Å². The largest absolute Gasteiger partial charge is 0.493 e. The molecule has 0 fully saturated rings. The molecule has 0 aromatic heterocycles. The summed E-state index contributed by atoms with van der Waals surface area (Å²) in [5.41, 5.74) is 2.22. The molecule has 7 nitrogen and oxygen atoms in total. The first kappa shape index (κ1) is 17.9. The minimum absolute atomic E-state index is 0.0452. The fourth-order valence-electron chi connectivity index (χ4n) is 2.70. The van der Waals surface area contributed by atoms with Crippen LogP contribution in [0.5, 0.6) is 5.75 Å². The predicted molar refractivity (Wildman–Crippen MR) is 95.4 cm³/mol. The maximum absolute atomic E-state index is 12.3. The van der Waals surface area contributed by atoms with Crippen LogP contribution in [0, 0.1) is 0 Å². The van der Waals surface area contributed by atoms with E-state index in [0.717, 1.165) is 23.3 Å². The van der Waals surface area contributed by atoms with Crippen molar-refractivity contribution >= 4 is 27.5 Å². The highest BCUT2D eigenvalue weighted by Gasteiger charge is 2.19. The highest BCUT2D eigenvalue weighted by Crippen LogP contribution is 2.26. The number of amides is 2. The van der Waals surface area contributed by atoms with Gasteiger partial charge in [0.2, 0.25) is 11.8 Å². The smallest absolute Gasteiger partial charge is 0.264 e. The number of carbonyl (C=O) groups is 2. The molecule has 0 atom stereocenters. The van der Waals surface area contributed by atoms with Crippen LogP contribution >= 0.6 is 0 Å². The normalized spacial score (nSPS) is 12.8. The zero-order valence-electron chi connectivity index (χ0n) is 14.1. The third-order valence-corrected chi connectivity index (χ3v) is 5.24. The molecule has 0 saturated heterocycles. The lowest BCUT2D eigenvalue weighted by atomic mass is 10.1. The molecule has 0 radical (unpaired) electrons. The lowest BCUT2D eigenvalue weighted by molar-refractivity contribution is -0.118. The number of ether oxygens (including phenoxy) is 1. The molecule has 136 valence electrons. The second-order valence-corrected chi connectivity index (χ2v) is 7.63. The Kier molecular flexibility index (Phi) is 4.94. The number of anilines is 1. The van der Waals surface area contributed by atoms with Crippen molar-refractivity contribution in [2.75, 3.05) is 11.9 Å². The highest BCUT2D eigenvalue weighted by molar-refractivity contribution is 7.90. The fraction of sp³-hybridized carbons (Fsp3) is 0.222. The van der Waals surface area contributed by atoms with Gasteiger partial charge in [-0.25, -0.2) is 13.1 Å². The van der Waals surface area contributed by atoms with Gasteiger partial charge in [0.25, 0.3) is 10.0 Å². The van der Waals surface area contributed by atoms with Crippen LogP contribution < -0.4 is 14.8 Å². The number of hydrogen-bond donors (Lipinski definition) is 2. The van der Waals surface area contributed by atoms with Crippen LogP contribution in [0.2, 0.25) is 0 Å². The van der Waals surface area contributed by atoms with E-state index < -0.39 is 15.9 Å². The van der Waals surface area contributed by atoms with Gasteiger partial charge in [-0.05, 0) is 41.5 Å². The van der Waals surface area contributed by atoms with E-state index in [9.17, 15) is 18.0 Å². The number of hydrogen-bond acceptors (Lipinski definition) is 5. The van der Waals surface area contributed by atoms with Crippen molar-refractivity contribution in [2.45, 2.75) is 24.7 Å². The van der Waals surface area contributed by atoms with Crippen molar-refractivity contribution < 1.29 is 22.7 Å². The second-order valence-electron chi connectivity index (χ2n) is 5.95. The summed E-state index contributed by atoms with van der Waals surface area (Å²) in [5, 5.41) is 2.55. The lowest BCUT2D eigenvalue weighted by Gasteiger charge is -2.09. The molecule has 8 heteroatoms. The Bertz CT molecular complexity index is 952. The minimum Gasteiger partial charge on any atom is -0.493 e. The third kappa shape index (κ3) is 4.20. The van der Waals surface area contributed by atoms with Gasteiger partial charge in [0.15, 0.2) is 0 Å². The molecule has 0 aliphatic carbocycles. The number of rotatable bonds is 5. The van der Waals surface area contributed by atoms with Gasteiger partial charge in [-0.3, -0.25) is 9.59 Å². The summed E-state index contributed by atoms with van der Waals surface area (Å²) in [7, 11) is -3.97. The molecule has 0 unspecified atom stereocenters. The molecule has 3 rings (SSSR count). The van der Waals surface area contributed by atoms with Crippen LogP contribution in [-0.4, -0.2) is 26.8 Å². The number of carbonyl (C=O) groups excluding carboxylic acids is 2. The summed E-state index contributed by atoms with van der Waals surface area (Å²) in [6.07, 6.45) is 0.736. The standard InChI is InChI=1S/C18H18N2O5S/c1-12(21)19-15-3-5-16(6-4-15)26(23,24)20-18(22)11-13-2-7-17-14(10-13)8-9-25-17/h2-7,10H,8-9,11H2,1H3,(H,19,21)(H,20,22). The number of sulfonamides is 1. The number of benzene rings is 2. The Labute approximate surface area is 151 Å². The molecule has 1 aliphatic rings. The average molecular weight is 374 g/mol. The Hall–Kier alpha value is -2.87. The van der Waals surface area contributed by atoms with E-state index in [-0.39, 0.29) is 17.2 Å². The highest BCUT2D eigenvalue weighted by atomic mass is 32.2. The van der Waals surface area contributed by atoms with Gasteiger partial charge in [-0.15, -0.1) is 0 Å². The summed E-state index contributed by atoms with van der Waals surface area (Å²) >= 11 is 0. The third-order valence-electron chi connectivity index (χ3n) is 3.85. The molecule has 2 N–H and O–H groups in total. The van der Waals surface area contributed by atoms with E-state index in [1.165, 1.54) is 31.2 Å². The minimum atomic E-state index is -3.97. The molecule has 0 bridgehead atoms. The summed E-state index contributed by atoms with van der Waals surface area (Å²) in [6.45, 7) is 1.98. The summed E-state index contributed by atoms with van der Waals surface area (Å²) < 4.78 is 32.1. The van der Waals surface area contributed by atoms with E-state index in [1.54, 1.807) is 12.1 Å². The Morgan fingerprint density at radius 2 is 1.85 bits per heavy atom. The maximum atomic E-state index is 12.3. The first-order valence-electron chi connectivity index (χ1n) is 8.01. The summed E-state index contributed by atoms with van der Waals surface area (Å²) in [6, 6.07) is 11.0.